The Bertz CT molecular complexity index is 968. The Morgan fingerprint density at radius 3 is 2.63 bits per heavy atom. The highest BCUT2D eigenvalue weighted by Crippen LogP contribution is 2.38. The molecule has 1 amide bonds. The van der Waals surface area contributed by atoms with Crippen molar-refractivity contribution in [2.75, 3.05) is 23.9 Å². The normalized spacial score (nSPS) is 12.6. The molecule has 0 radical (unpaired) electrons. The van der Waals surface area contributed by atoms with Gasteiger partial charge in [0, 0.05) is 12.2 Å². The van der Waals surface area contributed by atoms with Crippen LogP contribution in [0.5, 0.6) is 5.75 Å². The maximum absolute atomic E-state index is 12.6. The highest BCUT2D eigenvalue weighted by Gasteiger charge is 2.22. The van der Waals surface area contributed by atoms with Crippen molar-refractivity contribution >= 4 is 23.0 Å². The van der Waals surface area contributed by atoms with Crippen LogP contribution in [0.3, 0.4) is 0 Å². The van der Waals surface area contributed by atoms with Gasteiger partial charge < -0.3 is 15.0 Å². The van der Waals surface area contributed by atoms with Gasteiger partial charge in [-0.05, 0) is 47.9 Å². The van der Waals surface area contributed by atoms with Crippen molar-refractivity contribution in [3.63, 3.8) is 0 Å². The predicted octanol–water partition coefficient (Wildman–Crippen LogP) is 4.57. The van der Waals surface area contributed by atoms with Gasteiger partial charge in [-0.3, -0.25) is 4.79 Å². The van der Waals surface area contributed by atoms with E-state index in [2.05, 4.69) is 40.5 Å². The number of fused-ring (bicyclic) bond motifs is 1. The zero-order chi connectivity index (χ0) is 18.6. The maximum Gasteiger partial charge on any atom is 0.228 e. The van der Waals surface area contributed by atoms with Gasteiger partial charge in [-0.2, -0.15) is 0 Å². The summed E-state index contributed by atoms with van der Waals surface area (Å²) in [6.07, 6.45) is 1.32. The second kappa shape index (κ2) is 7.54. The molecule has 27 heavy (non-hydrogen) atoms. The van der Waals surface area contributed by atoms with Crippen LogP contribution in [-0.2, 0) is 17.6 Å². The van der Waals surface area contributed by atoms with E-state index in [9.17, 15) is 4.79 Å². The molecule has 3 aromatic carbocycles. The van der Waals surface area contributed by atoms with Crippen LogP contribution >= 0.6 is 0 Å². The maximum atomic E-state index is 12.6. The van der Waals surface area contributed by atoms with Crippen LogP contribution in [0.15, 0.2) is 72.8 Å². The fourth-order valence-electron chi connectivity index (χ4n) is 3.57. The number of hydrogen-bond acceptors (Lipinski definition) is 3. The molecular weight excluding hydrogens is 336 g/mol. The van der Waals surface area contributed by atoms with E-state index >= 15 is 0 Å². The van der Waals surface area contributed by atoms with E-state index in [1.54, 1.807) is 7.11 Å². The lowest BCUT2D eigenvalue weighted by atomic mass is 10.1. The summed E-state index contributed by atoms with van der Waals surface area (Å²) in [7, 11) is 1.63. The molecule has 1 N–H and O–H groups in total. The van der Waals surface area contributed by atoms with Crippen LogP contribution in [0.25, 0.3) is 0 Å². The lowest BCUT2D eigenvalue weighted by Crippen LogP contribution is -2.19. The number of amides is 1. The molecule has 0 atom stereocenters. The Morgan fingerprint density at radius 1 is 1.00 bits per heavy atom. The Labute approximate surface area is 159 Å². The molecule has 1 aliphatic heterocycles. The summed E-state index contributed by atoms with van der Waals surface area (Å²) in [6.45, 7) is 0.919. The summed E-state index contributed by atoms with van der Waals surface area (Å²) in [4.78, 5) is 14.9. The average Bonchev–Trinajstić information content (AvgIpc) is 3.12. The first-order chi connectivity index (χ1) is 13.2. The molecule has 0 aliphatic carbocycles. The second-order valence-electron chi connectivity index (χ2n) is 6.62. The number of anilines is 3. The van der Waals surface area contributed by atoms with Crippen molar-refractivity contribution in [2.24, 2.45) is 0 Å². The number of rotatable bonds is 5. The highest BCUT2D eigenvalue weighted by atomic mass is 16.5. The quantitative estimate of drug-likeness (QED) is 0.726. The molecule has 4 heteroatoms. The zero-order valence-electron chi connectivity index (χ0n) is 15.3. The van der Waals surface area contributed by atoms with Gasteiger partial charge >= 0.3 is 0 Å². The largest absolute Gasteiger partial charge is 0.497 e. The fraction of sp³-hybridized carbons (Fsp3) is 0.174. The molecule has 1 heterocycles. The van der Waals surface area contributed by atoms with Crippen molar-refractivity contribution in [1.82, 2.24) is 0 Å². The molecule has 0 bridgehead atoms. The number of hydrogen-bond donors (Lipinski definition) is 1. The Balaban J connectivity index is 1.54. The van der Waals surface area contributed by atoms with E-state index in [1.807, 2.05) is 42.5 Å². The molecule has 3 aromatic rings. The molecule has 0 fully saturated rings. The van der Waals surface area contributed by atoms with E-state index in [-0.39, 0.29) is 5.91 Å². The lowest BCUT2D eigenvalue weighted by Gasteiger charge is -2.23. The van der Waals surface area contributed by atoms with Gasteiger partial charge in [-0.25, -0.2) is 0 Å². The second-order valence-corrected chi connectivity index (χ2v) is 6.62. The number of carbonyl (C=O) groups excluding carboxylic acids is 1. The average molecular weight is 358 g/mol. The van der Waals surface area contributed by atoms with Crippen molar-refractivity contribution in [1.29, 1.82) is 0 Å². The molecular formula is C23H22N2O2. The summed E-state index contributed by atoms with van der Waals surface area (Å²) in [5.74, 6) is 0.720. The van der Waals surface area contributed by atoms with Gasteiger partial charge in [-0.15, -0.1) is 0 Å². The minimum atomic E-state index is -0.0387. The monoisotopic (exact) mass is 358 g/mol. The van der Waals surface area contributed by atoms with E-state index in [0.29, 0.717) is 6.42 Å². The topological polar surface area (TPSA) is 41.6 Å². The number of para-hydroxylation sites is 3. The summed E-state index contributed by atoms with van der Waals surface area (Å²) >= 11 is 0. The molecule has 136 valence electrons. The highest BCUT2D eigenvalue weighted by molar-refractivity contribution is 5.96. The molecule has 4 nitrogen and oxygen atoms in total. The molecule has 0 unspecified atom stereocenters. The third-order valence-corrected chi connectivity index (χ3v) is 4.85. The third-order valence-electron chi connectivity index (χ3n) is 4.85. The first-order valence-electron chi connectivity index (χ1n) is 9.12. The van der Waals surface area contributed by atoms with E-state index in [1.165, 1.54) is 11.3 Å². The van der Waals surface area contributed by atoms with Crippen molar-refractivity contribution in [2.45, 2.75) is 12.8 Å². The number of nitrogens with zero attached hydrogens (tertiary/aromatic N) is 1. The zero-order valence-corrected chi connectivity index (χ0v) is 15.3. The van der Waals surface area contributed by atoms with Gasteiger partial charge in [0.2, 0.25) is 5.91 Å². The SMILES string of the molecule is COc1cccc(CC(=O)Nc2ccccc2N2CCc3ccccc32)c1. The van der Waals surface area contributed by atoms with Crippen LogP contribution < -0.4 is 15.0 Å². The smallest absolute Gasteiger partial charge is 0.228 e. The van der Waals surface area contributed by atoms with E-state index in [0.717, 1.165) is 35.7 Å². The van der Waals surface area contributed by atoms with Gasteiger partial charge in [0.15, 0.2) is 0 Å². The third kappa shape index (κ3) is 3.65. The number of nitrogens with one attached hydrogen (secondary N) is 1. The Kier molecular flexibility index (Phi) is 4.79. The van der Waals surface area contributed by atoms with Crippen LogP contribution in [0.4, 0.5) is 17.1 Å². The summed E-state index contributed by atoms with van der Waals surface area (Å²) in [6, 6.07) is 24.0. The van der Waals surface area contributed by atoms with Gasteiger partial charge in [0.1, 0.15) is 5.75 Å². The van der Waals surface area contributed by atoms with Gasteiger partial charge in [-0.1, -0.05) is 42.5 Å². The molecule has 0 spiro atoms. The summed E-state index contributed by atoms with van der Waals surface area (Å²) < 4.78 is 5.24. The van der Waals surface area contributed by atoms with E-state index in [4.69, 9.17) is 4.74 Å². The number of ether oxygens (including phenoxy) is 1. The Morgan fingerprint density at radius 2 is 1.78 bits per heavy atom. The summed E-state index contributed by atoms with van der Waals surface area (Å²) in [5, 5.41) is 3.08. The first kappa shape index (κ1) is 17.2. The molecule has 4 rings (SSSR count). The number of methoxy groups -OCH3 is 1. The van der Waals surface area contributed by atoms with Crippen LogP contribution in [0, 0.1) is 0 Å². The first-order valence-corrected chi connectivity index (χ1v) is 9.12. The fourth-order valence-corrected chi connectivity index (χ4v) is 3.57. The minimum absolute atomic E-state index is 0.0387. The van der Waals surface area contributed by atoms with Crippen LogP contribution in [0.2, 0.25) is 0 Å². The van der Waals surface area contributed by atoms with Crippen molar-refractivity contribution in [3.05, 3.63) is 83.9 Å². The Hall–Kier alpha value is -3.27. The van der Waals surface area contributed by atoms with Crippen molar-refractivity contribution < 1.29 is 9.53 Å². The van der Waals surface area contributed by atoms with Crippen molar-refractivity contribution in [3.8, 4) is 5.75 Å². The van der Waals surface area contributed by atoms with Gasteiger partial charge in [0.05, 0.1) is 24.9 Å². The van der Waals surface area contributed by atoms with Crippen LogP contribution in [-0.4, -0.2) is 19.6 Å². The van der Waals surface area contributed by atoms with Crippen LogP contribution in [0.1, 0.15) is 11.1 Å². The molecule has 0 saturated carbocycles. The predicted molar refractivity (Wildman–Crippen MR) is 109 cm³/mol. The minimum Gasteiger partial charge on any atom is -0.497 e. The molecule has 0 saturated heterocycles. The van der Waals surface area contributed by atoms with E-state index < -0.39 is 0 Å². The summed E-state index contributed by atoms with van der Waals surface area (Å²) in [5.41, 5.74) is 5.35. The number of carbonyl (C=O) groups is 1. The molecule has 1 aliphatic rings. The standard InChI is InChI=1S/C23H22N2O2/c1-27-19-9-6-7-17(15-19)16-23(26)24-20-10-3-5-12-22(20)25-14-13-18-8-2-4-11-21(18)25/h2-12,15H,13-14,16H2,1H3,(H,24,26). The number of benzene rings is 3. The van der Waals surface area contributed by atoms with Gasteiger partial charge in [0.25, 0.3) is 0 Å². The lowest BCUT2D eigenvalue weighted by molar-refractivity contribution is -0.115. The molecule has 0 aromatic heterocycles.